The van der Waals surface area contributed by atoms with E-state index in [4.69, 9.17) is 0 Å². The molecule has 5 nitrogen and oxygen atoms in total. The van der Waals surface area contributed by atoms with Crippen molar-refractivity contribution in [2.24, 2.45) is 0 Å². The van der Waals surface area contributed by atoms with Crippen LogP contribution in [-0.4, -0.2) is 25.1 Å². The van der Waals surface area contributed by atoms with E-state index in [0.29, 0.717) is 5.69 Å². The molecule has 0 aromatic carbocycles. The molecule has 0 radical (unpaired) electrons. The van der Waals surface area contributed by atoms with Gasteiger partial charge in [0.15, 0.2) is 0 Å². The van der Waals surface area contributed by atoms with Crippen LogP contribution in [0, 0.1) is 6.92 Å². The third-order valence-electron chi connectivity index (χ3n) is 2.58. The van der Waals surface area contributed by atoms with Crippen molar-refractivity contribution in [1.82, 2.24) is 20.0 Å². The highest BCUT2D eigenvalue weighted by atomic mass is 16.3. The topological polar surface area (TPSA) is 63.8 Å². The van der Waals surface area contributed by atoms with Crippen LogP contribution in [-0.2, 0) is 6.54 Å². The first kappa shape index (κ1) is 11.7. The largest absolute Gasteiger partial charge is 0.382 e. The summed E-state index contributed by atoms with van der Waals surface area (Å²) in [6, 6.07) is 1.92. The van der Waals surface area contributed by atoms with Gasteiger partial charge in [-0.05, 0) is 18.9 Å². The lowest BCUT2D eigenvalue weighted by Gasteiger charge is -2.12. The maximum Gasteiger partial charge on any atom is 0.124 e. The Labute approximate surface area is 100 Å². The number of rotatable bonds is 4. The summed E-state index contributed by atoms with van der Waals surface area (Å²) in [6.07, 6.45) is 5.26. The van der Waals surface area contributed by atoms with E-state index >= 15 is 0 Å². The van der Waals surface area contributed by atoms with Gasteiger partial charge in [0, 0.05) is 24.5 Å². The number of aromatic nitrogens is 4. The second-order valence-corrected chi connectivity index (χ2v) is 4.08. The van der Waals surface area contributed by atoms with Crippen molar-refractivity contribution in [2.45, 2.75) is 32.9 Å². The van der Waals surface area contributed by atoms with Gasteiger partial charge in [-0.15, -0.1) is 5.10 Å². The number of aryl methyl sites for hydroxylation is 2. The average Bonchev–Trinajstić information content (AvgIpc) is 2.77. The lowest BCUT2D eigenvalue weighted by molar-refractivity contribution is 0.207. The predicted molar refractivity (Wildman–Crippen MR) is 63.3 cm³/mol. The summed E-state index contributed by atoms with van der Waals surface area (Å²) in [5.41, 5.74) is 2.50. The van der Waals surface area contributed by atoms with Crippen LogP contribution in [0.5, 0.6) is 0 Å². The predicted octanol–water partition coefficient (Wildman–Crippen LogP) is 1.47. The van der Waals surface area contributed by atoms with Crippen molar-refractivity contribution in [1.29, 1.82) is 0 Å². The highest BCUT2D eigenvalue weighted by Crippen LogP contribution is 2.20. The number of hydrogen-bond acceptors (Lipinski definition) is 4. The molecule has 17 heavy (non-hydrogen) atoms. The zero-order valence-electron chi connectivity index (χ0n) is 10.0. The van der Waals surface area contributed by atoms with Gasteiger partial charge in [-0.25, -0.2) is 4.68 Å². The Kier molecular flexibility index (Phi) is 3.49. The Balaban J connectivity index is 2.30. The first-order valence-electron chi connectivity index (χ1n) is 5.70. The second kappa shape index (κ2) is 5.05. The first-order chi connectivity index (χ1) is 8.22. The van der Waals surface area contributed by atoms with Crippen molar-refractivity contribution in [3.05, 3.63) is 41.5 Å². The molecule has 0 saturated carbocycles. The summed E-state index contributed by atoms with van der Waals surface area (Å²) < 4.78 is 1.73. The molecule has 1 unspecified atom stereocenters. The van der Waals surface area contributed by atoms with Crippen LogP contribution in [0.4, 0.5) is 0 Å². The molecule has 5 heteroatoms. The SMILES string of the molecule is CCCn1nncc1C(O)c1cncc(C)c1. The van der Waals surface area contributed by atoms with Crippen LogP contribution in [0.15, 0.2) is 24.7 Å². The van der Waals surface area contributed by atoms with Crippen LogP contribution in [0.1, 0.15) is 36.3 Å². The minimum absolute atomic E-state index is 0.708. The van der Waals surface area contributed by atoms with E-state index in [1.807, 2.05) is 13.0 Å². The zero-order valence-corrected chi connectivity index (χ0v) is 10.0. The van der Waals surface area contributed by atoms with Gasteiger partial charge in [0.1, 0.15) is 6.10 Å². The van der Waals surface area contributed by atoms with Crippen molar-refractivity contribution in [3.63, 3.8) is 0 Å². The van der Waals surface area contributed by atoms with E-state index in [9.17, 15) is 5.11 Å². The summed E-state index contributed by atoms with van der Waals surface area (Å²) in [6.45, 7) is 4.77. The Bertz CT molecular complexity index is 495. The summed E-state index contributed by atoms with van der Waals surface area (Å²) in [4.78, 5) is 4.08. The minimum atomic E-state index is -0.719. The van der Waals surface area contributed by atoms with Gasteiger partial charge < -0.3 is 5.11 Å². The summed E-state index contributed by atoms with van der Waals surface area (Å²) in [5.74, 6) is 0. The van der Waals surface area contributed by atoms with Crippen LogP contribution in [0.3, 0.4) is 0 Å². The fraction of sp³-hybridized carbons (Fsp3) is 0.417. The Hall–Kier alpha value is -1.75. The molecule has 2 aromatic heterocycles. The Morgan fingerprint density at radius 1 is 1.35 bits per heavy atom. The quantitative estimate of drug-likeness (QED) is 0.867. The van der Waals surface area contributed by atoms with Gasteiger partial charge in [-0.3, -0.25) is 4.98 Å². The molecule has 2 heterocycles. The van der Waals surface area contributed by atoms with Crippen molar-refractivity contribution in [2.75, 3.05) is 0 Å². The van der Waals surface area contributed by atoms with Crippen molar-refractivity contribution < 1.29 is 5.11 Å². The van der Waals surface area contributed by atoms with Crippen molar-refractivity contribution in [3.8, 4) is 0 Å². The number of aliphatic hydroxyl groups is 1. The molecule has 1 atom stereocenters. The van der Waals surface area contributed by atoms with Gasteiger partial charge in [0.05, 0.1) is 11.9 Å². The average molecular weight is 232 g/mol. The van der Waals surface area contributed by atoms with Crippen LogP contribution in [0.25, 0.3) is 0 Å². The standard InChI is InChI=1S/C12H16N4O/c1-3-4-16-11(8-14-15-16)12(17)10-5-9(2)6-13-7-10/h5-8,12,17H,3-4H2,1-2H3. The number of nitrogens with zero attached hydrogens (tertiary/aromatic N) is 4. The zero-order chi connectivity index (χ0) is 12.3. The van der Waals surface area contributed by atoms with Gasteiger partial charge in [0.2, 0.25) is 0 Å². The van der Waals surface area contributed by atoms with Crippen LogP contribution in [0.2, 0.25) is 0 Å². The lowest BCUT2D eigenvalue weighted by Crippen LogP contribution is -2.10. The van der Waals surface area contributed by atoms with Gasteiger partial charge in [-0.1, -0.05) is 18.2 Å². The van der Waals surface area contributed by atoms with Crippen LogP contribution >= 0.6 is 0 Å². The van der Waals surface area contributed by atoms with Crippen LogP contribution < -0.4 is 0 Å². The summed E-state index contributed by atoms with van der Waals surface area (Å²) >= 11 is 0. The molecule has 0 amide bonds. The first-order valence-corrected chi connectivity index (χ1v) is 5.70. The molecule has 0 saturated heterocycles. The summed E-state index contributed by atoms with van der Waals surface area (Å²) in [5, 5.41) is 18.1. The fourth-order valence-corrected chi connectivity index (χ4v) is 1.76. The van der Waals surface area contributed by atoms with E-state index < -0.39 is 6.10 Å². The molecule has 0 aliphatic carbocycles. The highest BCUT2D eigenvalue weighted by molar-refractivity contribution is 5.24. The molecule has 0 bridgehead atoms. The van der Waals surface area contributed by atoms with E-state index in [0.717, 1.165) is 24.1 Å². The van der Waals surface area contributed by atoms with Crippen molar-refractivity contribution >= 4 is 0 Å². The van der Waals surface area contributed by atoms with E-state index in [1.54, 1.807) is 23.3 Å². The molecule has 0 aliphatic rings. The molecule has 90 valence electrons. The molecule has 2 rings (SSSR count). The van der Waals surface area contributed by atoms with Gasteiger partial charge in [-0.2, -0.15) is 0 Å². The molecular formula is C12H16N4O. The summed E-state index contributed by atoms with van der Waals surface area (Å²) in [7, 11) is 0. The molecule has 2 aromatic rings. The third kappa shape index (κ3) is 2.50. The Morgan fingerprint density at radius 3 is 2.88 bits per heavy atom. The molecule has 0 spiro atoms. The van der Waals surface area contributed by atoms with E-state index in [1.165, 1.54) is 0 Å². The van der Waals surface area contributed by atoms with Gasteiger partial charge in [0.25, 0.3) is 0 Å². The van der Waals surface area contributed by atoms with E-state index in [2.05, 4.69) is 22.2 Å². The maximum atomic E-state index is 10.3. The normalized spacial score (nSPS) is 12.6. The molecule has 0 aliphatic heterocycles. The second-order valence-electron chi connectivity index (χ2n) is 4.08. The molecule has 1 N–H and O–H groups in total. The van der Waals surface area contributed by atoms with E-state index in [-0.39, 0.29) is 0 Å². The Morgan fingerprint density at radius 2 is 2.18 bits per heavy atom. The minimum Gasteiger partial charge on any atom is -0.382 e. The maximum absolute atomic E-state index is 10.3. The highest BCUT2D eigenvalue weighted by Gasteiger charge is 2.16. The fourth-order valence-electron chi connectivity index (χ4n) is 1.76. The lowest BCUT2D eigenvalue weighted by atomic mass is 10.1. The molecule has 0 fully saturated rings. The number of hydrogen-bond donors (Lipinski definition) is 1. The number of pyridine rings is 1. The molecular weight excluding hydrogens is 216 g/mol. The van der Waals surface area contributed by atoms with Gasteiger partial charge >= 0.3 is 0 Å². The third-order valence-corrected chi connectivity index (χ3v) is 2.58. The number of aliphatic hydroxyl groups excluding tert-OH is 1. The monoisotopic (exact) mass is 232 g/mol. The smallest absolute Gasteiger partial charge is 0.124 e.